The normalized spacial score (nSPS) is 13.8. The van der Waals surface area contributed by atoms with Crippen LogP contribution in [0.5, 0.6) is 0 Å². The van der Waals surface area contributed by atoms with E-state index >= 15 is 0 Å². The van der Waals surface area contributed by atoms with E-state index in [1.165, 1.54) is 0 Å². The summed E-state index contributed by atoms with van der Waals surface area (Å²) in [5, 5.41) is 9.71. The van der Waals surface area contributed by atoms with Crippen molar-refractivity contribution in [2.24, 2.45) is 0 Å². The predicted molar refractivity (Wildman–Crippen MR) is 56.1 cm³/mol. The van der Waals surface area contributed by atoms with E-state index in [1.54, 1.807) is 24.3 Å². The summed E-state index contributed by atoms with van der Waals surface area (Å²) < 4.78 is 32.7. The summed E-state index contributed by atoms with van der Waals surface area (Å²) in [6.45, 7) is 0. The Labute approximate surface area is 92.7 Å². The number of hydrogen-bond donors (Lipinski definition) is 1. The molecule has 0 fully saturated rings. The van der Waals surface area contributed by atoms with E-state index in [9.17, 15) is 17.4 Å². The molecule has 0 aliphatic carbocycles. The number of aliphatic hydroxyl groups is 1. The van der Waals surface area contributed by atoms with Crippen molar-refractivity contribution in [1.29, 1.82) is 0 Å². The van der Waals surface area contributed by atoms with Gasteiger partial charge in [-0.2, -0.15) is 8.42 Å². The number of halogens is 2. The van der Waals surface area contributed by atoms with Crippen LogP contribution in [0.1, 0.15) is 5.56 Å². The number of aliphatic hydroxyl groups excluding tert-OH is 1. The van der Waals surface area contributed by atoms with Gasteiger partial charge in [-0.1, -0.05) is 29.8 Å². The number of benzene rings is 1. The van der Waals surface area contributed by atoms with Crippen LogP contribution in [0.3, 0.4) is 0 Å². The van der Waals surface area contributed by atoms with Crippen LogP contribution in [-0.2, 0) is 16.6 Å². The van der Waals surface area contributed by atoms with Gasteiger partial charge in [0.2, 0.25) is 0 Å². The highest BCUT2D eigenvalue weighted by Crippen LogP contribution is 2.17. The molecular formula is C9H10ClFO3S. The Morgan fingerprint density at radius 3 is 2.53 bits per heavy atom. The van der Waals surface area contributed by atoms with Crippen molar-refractivity contribution in [2.45, 2.75) is 12.5 Å². The van der Waals surface area contributed by atoms with Crippen LogP contribution in [0.4, 0.5) is 3.89 Å². The van der Waals surface area contributed by atoms with Crippen LogP contribution in [0.25, 0.3) is 0 Å². The first-order chi connectivity index (χ1) is 6.88. The molecule has 6 heteroatoms. The zero-order valence-electron chi connectivity index (χ0n) is 7.73. The highest BCUT2D eigenvalue weighted by molar-refractivity contribution is 7.86. The fourth-order valence-corrected chi connectivity index (χ4v) is 2.00. The predicted octanol–water partition coefficient (Wildman–Crippen LogP) is 1.54. The Kier molecular flexibility index (Phi) is 4.07. The van der Waals surface area contributed by atoms with Gasteiger partial charge in [-0.05, 0) is 11.6 Å². The molecule has 1 rings (SSSR count). The summed E-state index contributed by atoms with van der Waals surface area (Å²) in [6, 6.07) is 6.69. The van der Waals surface area contributed by atoms with Gasteiger partial charge in [0.25, 0.3) is 0 Å². The molecule has 0 heterocycles. The van der Waals surface area contributed by atoms with Crippen LogP contribution in [-0.4, -0.2) is 25.4 Å². The van der Waals surface area contributed by atoms with Crippen LogP contribution in [0.2, 0.25) is 5.02 Å². The van der Waals surface area contributed by atoms with Gasteiger partial charge in [-0.15, -0.1) is 3.89 Å². The lowest BCUT2D eigenvalue weighted by Gasteiger charge is -2.08. The van der Waals surface area contributed by atoms with Crippen LogP contribution in [0.15, 0.2) is 24.3 Å². The third-order valence-corrected chi connectivity index (χ3v) is 2.96. The minimum absolute atomic E-state index is 0.0167. The Balaban J connectivity index is 2.67. The van der Waals surface area contributed by atoms with Crippen molar-refractivity contribution in [2.75, 3.05) is 5.75 Å². The minimum atomic E-state index is -4.65. The molecule has 0 bridgehead atoms. The van der Waals surface area contributed by atoms with Crippen molar-refractivity contribution < 1.29 is 17.4 Å². The van der Waals surface area contributed by atoms with E-state index in [4.69, 9.17) is 11.6 Å². The largest absolute Gasteiger partial charge is 0.392 e. The highest BCUT2D eigenvalue weighted by Gasteiger charge is 2.16. The lowest BCUT2D eigenvalue weighted by atomic mass is 10.1. The Morgan fingerprint density at radius 2 is 2.00 bits per heavy atom. The minimum Gasteiger partial charge on any atom is -0.392 e. The van der Waals surface area contributed by atoms with Gasteiger partial charge in [-0.3, -0.25) is 0 Å². The van der Waals surface area contributed by atoms with E-state index in [0.29, 0.717) is 10.6 Å². The molecule has 3 nitrogen and oxygen atoms in total. The molecule has 0 saturated carbocycles. The van der Waals surface area contributed by atoms with Gasteiger partial charge in [0.05, 0.1) is 6.10 Å². The molecule has 0 amide bonds. The molecule has 1 atom stereocenters. The molecule has 84 valence electrons. The maximum absolute atomic E-state index is 12.2. The molecule has 1 aromatic carbocycles. The summed E-state index contributed by atoms with van der Waals surface area (Å²) in [7, 11) is -4.65. The molecule has 0 saturated heterocycles. The molecule has 0 aromatic heterocycles. The number of hydrogen-bond acceptors (Lipinski definition) is 3. The third kappa shape index (κ3) is 4.59. The van der Waals surface area contributed by atoms with Gasteiger partial charge in [0, 0.05) is 11.4 Å². The summed E-state index contributed by atoms with van der Waals surface area (Å²) in [6.07, 6.45) is -1.26. The van der Waals surface area contributed by atoms with E-state index in [-0.39, 0.29) is 6.42 Å². The average molecular weight is 253 g/mol. The molecule has 1 unspecified atom stereocenters. The molecule has 1 N–H and O–H groups in total. The van der Waals surface area contributed by atoms with Crippen LogP contribution in [0, 0.1) is 0 Å². The Morgan fingerprint density at radius 1 is 1.40 bits per heavy atom. The Bertz CT molecular complexity index is 433. The van der Waals surface area contributed by atoms with Gasteiger partial charge >= 0.3 is 10.2 Å². The highest BCUT2D eigenvalue weighted by atomic mass is 35.5. The molecule has 1 aromatic rings. The summed E-state index contributed by atoms with van der Waals surface area (Å²) in [4.78, 5) is 0. The maximum atomic E-state index is 12.2. The third-order valence-electron chi connectivity index (χ3n) is 1.80. The smallest absolute Gasteiger partial charge is 0.304 e. The fourth-order valence-electron chi connectivity index (χ4n) is 1.21. The van der Waals surface area contributed by atoms with Gasteiger partial charge in [-0.25, -0.2) is 0 Å². The Hall–Kier alpha value is -0.650. The van der Waals surface area contributed by atoms with Gasteiger partial charge < -0.3 is 5.11 Å². The first-order valence-electron chi connectivity index (χ1n) is 4.22. The molecule has 15 heavy (non-hydrogen) atoms. The lowest BCUT2D eigenvalue weighted by molar-refractivity contribution is 0.196. The van der Waals surface area contributed by atoms with Crippen molar-refractivity contribution in [1.82, 2.24) is 0 Å². The first-order valence-corrected chi connectivity index (χ1v) is 6.15. The topological polar surface area (TPSA) is 54.4 Å². The second-order valence-electron chi connectivity index (χ2n) is 3.15. The second kappa shape index (κ2) is 4.92. The zero-order valence-corrected chi connectivity index (χ0v) is 9.30. The van der Waals surface area contributed by atoms with Crippen molar-refractivity contribution >= 4 is 21.8 Å². The lowest BCUT2D eigenvalue weighted by Crippen LogP contribution is -2.20. The molecule has 0 radical (unpaired) electrons. The van der Waals surface area contributed by atoms with E-state index in [0.717, 1.165) is 0 Å². The fraction of sp³-hybridized carbons (Fsp3) is 0.333. The molecular weight excluding hydrogens is 243 g/mol. The zero-order chi connectivity index (χ0) is 11.5. The van der Waals surface area contributed by atoms with E-state index in [2.05, 4.69) is 0 Å². The molecule has 0 aliphatic heterocycles. The standard InChI is InChI=1S/C9H10ClFO3S/c10-9-4-2-1-3-7(9)5-8(12)6-15(11,13)14/h1-4,8,12H,5-6H2. The van der Waals surface area contributed by atoms with E-state index < -0.39 is 22.1 Å². The van der Waals surface area contributed by atoms with E-state index in [1.807, 2.05) is 0 Å². The average Bonchev–Trinajstić information content (AvgIpc) is 2.05. The van der Waals surface area contributed by atoms with Gasteiger partial charge in [0.15, 0.2) is 0 Å². The van der Waals surface area contributed by atoms with Crippen molar-refractivity contribution in [3.8, 4) is 0 Å². The SMILES string of the molecule is O=S(=O)(F)CC(O)Cc1ccccc1Cl. The van der Waals surface area contributed by atoms with Crippen LogP contribution < -0.4 is 0 Å². The second-order valence-corrected chi connectivity index (χ2v) is 4.97. The summed E-state index contributed by atoms with van der Waals surface area (Å²) >= 11 is 5.79. The molecule has 0 aliphatic rings. The van der Waals surface area contributed by atoms with Gasteiger partial charge in [0.1, 0.15) is 5.75 Å². The summed E-state index contributed by atoms with van der Waals surface area (Å²) in [5.74, 6) is -0.905. The van der Waals surface area contributed by atoms with Crippen LogP contribution >= 0.6 is 11.6 Å². The van der Waals surface area contributed by atoms with Crippen molar-refractivity contribution in [3.63, 3.8) is 0 Å². The monoisotopic (exact) mass is 252 g/mol. The molecule has 0 spiro atoms. The van der Waals surface area contributed by atoms with Crippen molar-refractivity contribution in [3.05, 3.63) is 34.9 Å². The first kappa shape index (κ1) is 12.4. The maximum Gasteiger partial charge on any atom is 0.304 e. The quantitative estimate of drug-likeness (QED) is 0.827. The number of rotatable bonds is 4. The summed E-state index contributed by atoms with van der Waals surface area (Å²) in [5.41, 5.74) is 0.593.